The monoisotopic (exact) mass is 201 g/mol. The van der Waals surface area contributed by atoms with Gasteiger partial charge in [0.25, 0.3) is 5.91 Å². The van der Waals surface area contributed by atoms with E-state index in [1.54, 1.807) is 0 Å². The van der Waals surface area contributed by atoms with Crippen molar-refractivity contribution in [3.8, 4) is 0 Å². The van der Waals surface area contributed by atoms with Crippen LogP contribution in [0.3, 0.4) is 0 Å². The Labute approximate surface area is 90.0 Å². The largest absolute Gasteiger partial charge is 0.326 e. The Balaban J connectivity index is 2.59. The van der Waals surface area contributed by atoms with Crippen LogP contribution in [0.15, 0.2) is 30.5 Å². The Bertz CT molecular complexity index is 432. The fourth-order valence-corrected chi connectivity index (χ4v) is 2.02. The third-order valence-electron chi connectivity index (χ3n) is 2.73. The highest BCUT2D eigenvalue weighted by molar-refractivity contribution is 5.99. The summed E-state index contributed by atoms with van der Waals surface area (Å²) in [6, 6.07) is 6.04. The minimum atomic E-state index is -0.00875. The van der Waals surface area contributed by atoms with Gasteiger partial charge in [-0.1, -0.05) is 38.6 Å². The molecule has 0 aromatic heterocycles. The molecule has 2 rings (SSSR count). The second-order valence-corrected chi connectivity index (χ2v) is 4.27. The van der Waals surface area contributed by atoms with Crippen molar-refractivity contribution in [2.24, 2.45) is 0 Å². The Hall–Kier alpha value is -1.57. The van der Waals surface area contributed by atoms with Gasteiger partial charge in [0.2, 0.25) is 0 Å². The van der Waals surface area contributed by atoms with Crippen LogP contribution in [-0.2, 0) is 6.42 Å². The highest BCUT2D eigenvalue weighted by atomic mass is 16.1. The summed E-state index contributed by atoms with van der Waals surface area (Å²) in [4.78, 5) is 11.8. The van der Waals surface area contributed by atoms with E-state index < -0.39 is 0 Å². The van der Waals surface area contributed by atoms with Gasteiger partial charge >= 0.3 is 0 Å². The van der Waals surface area contributed by atoms with E-state index in [1.807, 2.05) is 18.2 Å². The van der Waals surface area contributed by atoms with Gasteiger partial charge in [-0.3, -0.25) is 4.79 Å². The summed E-state index contributed by atoms with van der Waals surface area (Å²) < 4.78 is 0. The molecule has 0 fully saturated rings. The van der Waals surface area contributed by atoms with Crippen molar-refractivity contribution in [3.63, 3.8) is 0 Å². The molecule has 1 amide bonds. The zero-order valence-corrected chi connectivity index (χ0v) is 9.13. The first-order valence-corrected chi connectivity index (χ1v) is 5.20. The van der Waals surface area contributed by atoms with Gasteiger partial charge in [-0.05, 0) is 17.0 Å². The number of carbonyl (C=O) groups is 1. The number of allylic oxidation sites excluding steroid dienone is 1. The summed E-state index contributed by atoms with van der Waals surface area (Å²) in [6.45, 7) is 8.01. The van der Waals surface area contributed by atoms with Crippen LogP contribution in [0.5, 0.6) is 0 Å². The molecule has 1 aromatic carbocycles. The van der Waals surface area contributed by atoms with Crippen molar-refractivity contribution in [1.82, 2.24) is 5.32 Å². The lowest BCUT2D eigenvalue weighted by Crippen LogP contribution is -2.30. The van der Waals surface area contributed by atoms with Crippen LogP contribution < -0.4 is 5.32 Å². The van der Waals surface area contributed by atoms with Gasteiger partial charge in [0.1, 0.15) is 0 Å². The zero-order valence-electron chi connectivity index (χ0n) is 9.13. The number of benzene rings is 1. The first kappa shape index (κ1) is 9.97. The fourth-order valence-electron chi connectivity index (χ4n) is 2.02. The summed E-state index contributed by atoms with van der Waals surface area (Å²) in [5, 5.41) is 2.80. The minimum absolute atomic E-state index is 0.00875. The molecule has 0 saturated heterocycles. The van der Waals surface area contributed by atoms with E-state index in [0.29, 0.717) is 5.92 Å². The lowest BCUT2D eigenvalue weighted by atomic mass is 9.89. The molecule has 0 radical (unpaired) electrons. The van der Waals surface area contributed by atoms with Crippen molar-refractivity contribution >= 4 is 5.91 Å². The predicted molar refractivity (Wildman–Crippen MR) is 60.8 cm³/mol. The number of carbonyl (C=O) groups excluding carboxylic acids is 1. The summed E-state index contributed by atoms with van der Waals surface area (Å²) in [5.74, 6) is 0.364. The topological polar surface area (TPSA) is 29.1 Å². The Morgan fingerprint density at radius 2 is 2.13 bits per heavy atom. The van der Waals surface area contributed by atoms with Gasteiger partial charge in [-0.25, -0.2) is 0 Å². The summed E-state index contributed by atoms with van der Waals surface area (Å²) >= 11 is 0. The maximum Gasteiger partial charge on any atom is 0.255 e. The van der Waals surface area contributed by atoms with Crippen LogP contribution in [0, 0.1) is 0 Å². The molecule has 0 spiro atoms. The number of fused-ring (bicyclic) bond motifs is 1. The maximum atomic E-state index is 11.8. The van der Waals surface area contributed by atoms with Gasteiger partial charge in [-0.2, -0.15) is 0 Å². The van der Waals surface area contributed by atoms with E-state index in [1.165, 1.54) is 0 Å². The fraction of sp³-hybridized carbons (Fsp3) is 0.308. The lowest BCUT2D eigenvalue weighted by Gasteiger charge is -2.22. The van der Waals surface area contributed by atoms with E-state index in [2.05, 4.69) is 25.7 Å². The van der Waals surface area contributed by atoms with Gasteiger partial charge in [-0.15, -0.1) is 0 Å². The number of nitrogens with one attached hydrogen (secondary N) is 1. The van der Waals surface area contributed by atoms with Crippen molar-refractivity contribution in [2.45, 2.75) is 26.2 Å². The average Bonchev–Trinajstić information content (AvgIpc) is 2.16. The lowest BCUT2D eigenvalue weighted by molar-refractivity contribution is 0.0958. The van der Waals surface area contributed by atoms with E-state index in [4.69, 9.17) is 0 Å². The quantitative estimate of drug-likeness (QED) is 0.743. The number of amides is 1. The number of hydrogen-bond acceptors (Lipinski definition) is 1. The standard InChI is InChI=1S/C13H15NO/c1-8(2)11-6-4-5-10-7-9(3)14-13(15)12(10)11/h4-6,8H,3,7H2,1-2H3,(H,14,15). The molecule has 78 valence electrons. The van der Waals surface area contributed by atoms with E-state index >= 15 is 0 Å². The van der Waals surface area contributed by atoms with E-state index in [9.17, 15) is 4.79 Å². The molecule has 15 heavy (non-hydrogen) atoms. The van der Waals surface area contributed by atoms with Crippen molar-refractivity contribution in [2.75, 3.05) is 0 Å². The summed E-state index contributed by atoms with van der Waals surface area (Å²) in [5.41, 5.74) is 3.85. The van der Waals surface area contributed by atoms with Crippen molar-refractivity contribution in [3.05, 3.63) is 47.2 Å². The SMILES string of the molecule is C=C1Cc2cccc(C(C)C)c2C(=O)N1. The Morgan fingerprint density at radius 1 is 1.40 bits per heavy atom. The van der Waals surface area contributed by atoms with Crippen molar-refractivity contribution in [1.29, 1.82) is 0 Å². The normalized spacial score (nSPS) is 15.1. The Kier molecular flexibility index (Phi) is 2.35. The molecule has 0 bridgehead atoms. The van der Waals surface area contributed by atoms with Gasteiger partial charge in [0, 0.05) is 17.7 Å². The van der Waals surface area contributed by atoms with Gasteiger partial charge < -0.3 is 5.32 Å². The van der Waals surface area contributed by atoms with Crippen LogP contribution in [0.4, 0.5) is 0 Å². The molecule has 1 aliphatic heterocycles. The molecule has 0 saturated carbocycles. The summed E-state index contributed by atoms with van der Waals surface area (Å²) in [7, 11) is 0. The smallest absolute Gasteiger partial charge is 0.255 e. The van der Waals surface area contributed by atoms with Crippen LogP contribution >= 0.6 is 0 Å². The van der Waals surface area contributed by atoms with Gasteiger partial charge in [0.05, 0.1) is 0 Å². The third-order valence-corrected chi connectivity index (χ3v) is 2.73. The molecule has 1 heterocycles. The van der Waals surface area contributed by atoms with Crippen LogP contribution in [0.2, 0.25) is 0 Å². The molecule has 1 aromatic rings. The molecular weight excluding hydrogens is 186 g/mol. The maximum absolute atomic E-state index is 11.8. The van der Waals surface area contributed by atoms with Crippen LogP contribution in [0.25, 0.3) is 0 Å². The first-order valence-electron chi connectivity index (χ1n) is 5.20. The van der Waals surface area contributed by atoms with Gasteiger partial charge in [0.15, 0.2) is 0 Å². The molecular formula is C13H15NO. The number of hydrogen-bond donors (Lipinski definition) is 1. The first-order chi connectivity index (χ1) is 7.09. The van der Waals surface area contributed by atoms with Crippen molar-refractivity contribution < 1.29 is 4.79 Å². The zero-order chi connectivity index (χ0) is 11.0. The van der Waals surface area contributed by atoms with E-state index in [-0.39, 0.29) is 5.91 Å². The van der Waals surface area contributed by atoms with Crippen LogP contribution in [0.1, 0.15) is 41.3 Å². The minimum Gasteiger partial charge on any atom is -0.326 e. The Morgan fingerprint density at radius 3 is 2.80 bits per heavy atom. The molecule has 1 N–H and O–H groups in total. The molecule has 0 unspecified atom stereocenters. The molecule has 0 atom stereocenters. The third kappa shape index (κ3) is 1.67. The molecule has 0 aliphatic carbocycles. The van der Waals surface area contributed by atoms with Crippen LogP contribution in [-0.4, -0.2) is 5.91 Å². The second-order valence-electron chi connectivity index (χ2n) is 4.27. The highest BCUT2D eigenvalue weighted by Crippen LogP contribution is 2.26. The number of rotatable bonds is 1. The highest BCUT2D eigenvalue weighted by Gasteiger charge is 2.22. The predicted octanol–water partition coefficient (Wildman–Crippen LogP) is 2.61. The molecule has 2 heteroatoms. The summed E-state index contributed by atoms with van der Waals surface area (Å²) in [6.07, 6.45) is 0.752. The second kappa shape index (κ2) is 3.54. The average molecular weight is 201 g/mol. The molecule has 1 aliphatic rings. The molecule has 2 nitrogen and oxygen atoms in total. The van der Waals surface area contributed by atoms with E-state index in [0.717, 1.165) is 28.8 Å².